The highest BCUT2D eigenvalue weighted by atomic mass is 31.2. The van der Waals surface area contributed by atoms with E-state index in [-0.39, 0.29) is 6.61 Å². The first-order valence-electron chi connectivity index (χ1n) is 5.28. The summed E-state index contributed by atoms with van der Waals surface area (Å²) in [5.74, 6) is -0.557. The minimum absolute atomic E-state index is 0.356. The van der Waals surface area contributed by atoms with Gasteiger partial charge in [0.1, 0.15) is 12.7 Å². The summed E-state index contributed by atoms with van der Waals surface area (Å²) in [6, 6.07) is 0. The second-order valence-corrected chi connectivity index (χ2v) is 5.75. The SMILES string of the molecule is CCCNC(=O)C(O)C(C)(C)CO[P+](O)(O)O. The van der Waals surface area contributed by atoms with Crippen LogP contribution in [-0.4, -0.2) is 44.9 Å². The predicted molar refractivity (Wildman–Crippen MR) is 62.6 cm³/mol. The molecule has 1 amide bonds. The number of rotatable bonds is 7. The largest absolute Gasteiger partial charge is 0.567 e. The molecule has 0 rings (SSSR count). The van der Waals surface area contributed by atoms with Gasteiger partial charge in [-0.1, -0.05) is 20.8 Å². The Hall–Kier alpha value is -0.300. The Kier molecular flexibility index (Phi) is 6.47. The van der Waals surface area contributed by atoms with Crippen LogP contribution in [0.5, 0.6) is 0 Å². The van der Waals surface area contributed by atoms with Crippen molar-refractivity contribution in [3.8, 4) is 0 Å². The van der Waals surface area contributed by atoms with Crippen molar-refractivity contribution in [1.29, 1.82) is 0 Å². The first-order chi connectivity index (χ1) is 7.60. The van der Waals surface area contributed by atoms with E-state index in [2.05, 4.69) is 9.84 Å². The molecule has 5 N–H and O–H groups in total. The quantitative estimate of drug-likeness (QED) is 0.400. The van der Waals surface area contributed by atoms with Crippen LogP contribution in [0.3, 0.4) is 0 Å². The third kappa shape index (κ3) is 6.88. The molecule has 8 heteroatoms. The third-order valence-electron chi connectivity index (χ3n) is 2.15. The summed E-state index contributed by atoms with van der Waals surface area (Å²) in [5, 5.41) is 12.3. The van der Waals surface area contributed by atoms with Gasteiger partial charge in [0.25, 0.3) is 0 Å². The molecule has 17 heavy (non-hydrogen) atoms. The van der Waals surface area contributed by atoms with Crippen molar-refractivity contribution in [1.82, 2.24) is 5.32 Å². The van der Waals surface area contributed by atoms with Gasteiger partial charge in [0.05, 0.1) is 0 Å². The van der Waals surface area contributed by atoms with E-state index in [9.17, 15) is 9.90 Å². The van der Waals surface area contributed by atoms with E-state index in [0.717, 1.165) is 6.42 Å². The maximum Gasteiger partial charge on any atom is 0.567 e. The van der Waals surface area contributed by atoms with E-state index in [1.54, 1.807) is 0 Å². The Morgan fingerprint density at radius 2 is 1.94 bits per heavy atom. The van der Waals surface area contributed by atoms with Crippen LogP contribution in [0.1, 0.15) is 27.2 Å². The van der Waals surface area contributed by atoms with Crippen LogP contribution >= 0.6 is 8.17 Å². The van der Waals surface area contributed by atoms with E-state index in [1.165, 1.54) is 13.8 Å². The molecular formula is C9H21NO6P+. The number of aliphatic hydroxyl groups is 1. The predicted octanol–water partition coefficient (Wildman–Crippen LogP) is -0.429. The van der Waals surface area contributed by atoms with Crippen molar-refractivity contribution < 1.29 is 29.1 Å². The molecule has 0 aliphatic rings. The Bertz CT molecular complexity index is 252. The van der Waals surface area contributed by atoms with Gasteiger partial charge in [-0.3, -0.25) is 4.79 Å². The first kappa shape index (κ1) is 16.7. The van der Waals surface area contributed by atoms with Crippen LogP contribution in [0.25, 0.3) is 0 Å². The molecule has 0 spiro atoms. The number of hydrogen-bond donors (Lipinski definition) is 5. The van der Waals surface area contributed by atoms with Crippen molar-refractivity contribution in [2.45, 2.75) is 33.3 Å². The molecule has 0 saturated heterocycles. The van der Waals surface area contributed by atoms with Crippen molar-refractivity contribution in [3.63, 3.8) is 0 Å². The summed E-state index contributed by atoms with van der Waals surface area (Å²) in [7, 11) is -4.35. The minimum Gasteiger partial charge on any atom is -0.383 e. The Labute approximate surface area is 101 Å². The number of aliphatic hydroxyl groups excluding tert-OH is 1. The molecule has 0 aliphatic carbocycles. The Balaban J connectivity index is 4.33. The van der Waals surface area contributed by atoms with Crippen LogP contribution in [-0.2, 0) is 9.32 Å². The highest BCUT2D eigenvalue weighted by molar-refractivity contribution is 7.53. The second-order valence-electron chi connectivity index (χ2n) is 4.47. The van der Waals surface area contributed by atoms with E-state index in [0.29, 0.717) is 6.54 Å². The molecule has 1 atom stereocenters. The van der Waals surface area contributed by atoms with E-state index < -0.39 is 25.6 Å². The van der Waals surface area contributed by atoms with Crippen LogP contribution in [0.15, 0.2) is 0 Å². The third-order valence-corrected chi connectivity index (χ3v) is 2.62. The van der Waals surface area contributed by atoms with Gasteiger partial charge >= 0.3 is 8.17 Å². The standard InChI is InChI=1S/C9H20NO6P/c1-4-5-10-8(12)7(11)9(2,3)6-16-17(13,14)15/h7,11,13-15H,4-6H2,1-3H3/p+1. The van der Waals surface area contributed by atoms with Gasteiger partial charge in [0, 0.05) is 12.0 Å². The fourth-order valence-corrected chi connectivity index (χ4v) is 1.54. The first-order valence-corrected chi connectivity index (χ1v) is 6.84. The van der Waals surface area contributed by atoms with Gasteiger partial charge < -0.3 is 10.4 Å². The number of amides is 1. The molecule has 0 aliphatic heterocycles. The molecule has 0 fully saturated rings. The van der Waals surface area contributed by atoms with E-state index in [4.69, 9.17) is 14.7 Å². The number of carbonyl (C=O) groups is 1. The molecule has 0 aromatic carbocycles. The average molecular weight is 270 g/mol. The Morgan fingerprint density at radius 1 is 1.41 bits per heavy atom. The van der Waals surface area contributed by atoms with Crippen LogP contribution in [0, 0.1) is 5.41 Å². The molecule has 0 aromatic rings. The van der Waals surface area contributed by atoms with E-state index in [1.807, 2.05) is 6.92 Å². The number of hydrogen-bond acceptors (Lipinski definition) is 6. The van der Waals surface area contributed by atoms with Gasteiger partial charge in [-0.2, -0.15) is 19.2 Å². The van der Waals surface area contributed by atoms with Gasteiger partial charge in [0.15, 0.2) is 0 Å². The molecule has 0 aromatic heterocycles. The zero-order chi connectivity index (χ0) is 13.7. The van der Waals surface area contributed by atoms with Crippen molar-refractivity contribution in [2.75, 3.05) is 13.2 Å². The number of nitrogens with one attached hydrogen (secondary N) is 1. The molecule has 0 heterocycles. The zero-order valence-corrected chi connectivity index (χ0v) is 11.1. The summed E-state index contributed by atoms with van der Waals surface area (Å²) in [6.07, 6.45) is -0.617. The highest BCUT2D eigenvalue weighted by Gasteiger charge is 2.41. The van der Waals surface area contributed by atoms with Crippen molar-refractivity contribution in [3.05, 3.63) is 0 Å². The lowest BCUT2D eigenvalue weighted by molar-refractivity contribution is -0.137. The van der Waals surface area contributed by atoms with Gasteiger partial charge in [-0.05, 0) is 6.42 Å². The summed E-state index contributed by atoms with van der Waals surface area (Å²) < 4.78 is 4.41. The molecule has 102 valence electrons. The lowest BCUT2D eigenvalue weighted by atomic mass is 9.87. The second kappa shape index (κ2) is 6.58. The monoisotopic (exact) mass is 270 g/mol. The molecular weight excluding hydrogens is 249 g/mol. The fourth-order valence-electron chi connectivity index (χ4n) is 1.03. The average Bonchev–Trinajstić information content (AvgIpc) is 2.21. The smallest absolute Gasteiger partial charge is 0.383 e. The lowest BCUT2D eigenvalue weighted by Gasteiger charge is -2.28. The topological polar surface area (TPSA) is 119 Å². The molecule has 0 bridgehead atoms. The maximum atomic E-state index is 11.5. The molecule has 1 unspecified atom stereocenters. The maximum absolute atomic E-state index is 11.5. The lowest BCUT2D eigenvalue weighted by Crippen LogP contribution is -2.46. The van der Waals surface area contributed by atoms with Crippen LogP contribution < -0.4 is 5.32 Å². The van der Waals surface area contributed by atoms with Gasteiger partial charge in [-0.25, -0.2) is 0 Å². The minimum atomic E-state index is -4.35. The van der Waals surface area contributed by atoms with Crippen molar-refractivity contribution >= 4 is 14.1 Å². The van der Waals surface area contributed by atoms with Crippen LogP contribution in [0.4, 0.5) is 0 Å². The molecule has 7 nitrogen and oxygen atoms in total. The fraction of sp³-hybridized carbons (Fsp3) is 0.889. The normalized spacial score (nSPS) is 14.5. The van der Waals surface area contributed by atoms with Gasteiger partial charge in [-0.15, -0.1) is 0 Å². The summed E-state index contributed by atoms with van der Waals surface area (Å²) in [6.45, 7) is 5.00. The van der Waals surface area contributed by atoms with Crippen molar-refractivity contribution in [2.24, 2.45) is 5.41 Å². The van der Waals surface area contributed by atoms with Gasteiger partial charge in [0.2, 0.25) is 5.91 Å². The van der Waals surface area contributed by atoms with E-state index >= 15 is 0 Å². The van der Waals surface area contributed by atoms with Crippen LogP contribution in [0.2, 0.25) is 0 Å². The molecule has 0 saturated carbocycles. The molecule has 0 radical (unpaired) electrons. The summed E-state index contributed by atoms with van der Waals surface area (Å²) >= 11 is 0. The summed E-state index contributed by atoms with van der Waals surface area (Å²) in [5.41, 5.74) is -1.04. The number of carbonyl (C=O) groups excluding carboxylic acids is 1. The Morgan fingerprint density at radius 3 is 2.35 bits per heavy atom. The highest BCUT2D eigenvalue weighted by Crippen LogP contribution is 2.47. The zero-order valence-electron chi connectivity index (χ0n) is 10.3. The summed E-state index contributed by atoms with van der Waals surface area (Å²) in [4.78, 5) is 37.5.